The maximum atomic E-state index is 12.4. The molecule has 0 saturated heterocycles. The fourth-order valence-electron chi connectivity index (χ4n) is 2.24. The number of carbonyl (C=O) groups is 1. The van der Waals surface area contributed by atoms with Crippen LogP contribution in [0.4, 0.5) is 11.4 Å². The Morgan fingerprint density at radius 2 is 2.26 bits per heavy atom. The molecular formula is C16H15N5O5S. The van der Waals surface area contributed by atoms with Gasteiger partial charge < -0.3 is 24.9 Å². The van der Waals surface area contributed by atoms with E-state index in [1.165, 1.54) is 12.6 Å². The summed E-state index contributed by atoms with van der Waals surface area (Å²) >= 11 is 1.15. The maximum Gasteiger partial charge on any atom is 0.381 e. The van der Waals surface area contributed by atoms with Gasteiger partial charge in [0.2, 0.25) is 11.5 Å². The SMILES string of the molecule is COCCOc1c(Nc2cccnc2)c(-c2nncs2)c(C(N)=O)oc1=O. The number of carbonyl (C=O) groups excluding carboxylic acids is 1. The van der Waals surface area contributed by atoms with Crippen LogP contribution in [0, 0.1) is 0 Å². The molecule has 0 fully saturated rings. The van der Waals surface area contributed by atoms with Crippen LogP contribution in [0.15, 0.2) is 39.2 Å². The van der Waals surface area contributed by atoms with E-state index in [1.807, 2.05) is 0 Å². The number of amides is 1. The normalized spacial score (nSPS) is 10.6. The summed E-state index contributed by atoms with van der Waals surface area (Å²) in [7, 11) is 1.50. The van der Waals surface area contributed by atoms with Crippen molar-refractivity contribution in [3.63, 3.8) is 0 Å². The Morgan fingerprint density at radius 3 is 2.89 bits per heavy atom. The molecule has 11 heteroatoms. The number of ether oxygens (including phenoxy) is 2. The zero-order valence-electron chi connectivity index (χ0n) is 14.2. The zero-order valence-corrected chi connectivity index (χ0v) is 15.0. The van der Waals surface area contributed by atoms with E-state index in [0.29, 0.717) is 10.7 Å². The summed E-state index contributed by atoms with van der Waals surface area (Å²) in [4.78, 5) is 28.4. The first-order valence-electron chi connectivity index (χ1n) is 7.68. The number of hydrogen-bond acceptors (Lipinski definition) is 10. The van der Waals surface area contributed by atoms with Crippen molar-refractivity contribution in [1.82, 2.24) is 15.2 Å². The van der Waals surface area contributed by atoms with Gasteiger partial charge in [0, 0.05) is 13.3 Å². The third-order valence-electron chi connectivity index (χ3n) is 3.35. The van der Waals surface area contributed by atoms with Crippen molar-refractivity contribution in [2.24, 2.45) is 5.73 Å². The molecule has 0 unspecified atom stereocenters. The van der Waals surface area contributed by atoms with E-state index in [2.05, 4.69) is 20.5 Å². The Balaban J connectivity index is 2.22. The van der Waals surface area contributed by atoms with Crippen molar-refractivity contribution < 1.29 is 18.7 Å². The second kappa shape index (κ2) is 8.38. The molecule has 0 atom stereocenters. The molecule has 3 aromatic heterocycles. The Hall–Kier alpha value is -3.31. The summed E-state index contributed by atoms with van der Waals surface area (Å²) in [6, 6.07) is 3.44. The maximum absolute atomic E-state index is 12.4. The lowest BCUT2D eigenvalue weighted by molar-refractivity contribution is 0.0968. The van der Waals surface area contributed by atoms with Crippen LogP contribution in [0.1, 0.15) is 10.6 Å². The largest absolute Gasteiger partial charge is 0.483 e. The molecule has 0 saturated carbocycles. The van der Waals surface area contributed by atoms with E-state index in [-0.39, 0.29) is 36.0 Å². The highest BCUT2D eigenvalue weighted by Crippen LogP contribution is 2.38. The number of rotatable bonds is 8. The molecule has 1 amide bonds. The topological polar surface area (TPSA) is 142 Å². The van der Waals surface area contributed by atoms with Gasteiger partial charge in [-0.25, -0.2) is 4.79 Å². The van der Waals surface area contributed by atoms with Gasteiger partial charge in [-0.15, -0.1) is 10.2 Å². The van der Waals surface area contributed by atoms with Crippen molar-refractivity contribution in [2.75, 3.05) is 25.6 Å². The number of nitrogens with two attached hydrogens (primary N) is 1. The van der Waals surface area contributed by atoms with Crippen LogP contribution < -0.4 is 21.4 Å². The first kappa shape index (κ1) is 18.5. The molecule has 3 N–H and O–H groups in total. The number of aromatic nitrogens is 3. The summed E-state index contributed by atoms with van der Waals surface area (Å²) in [6.07, 6.45) is 3.14. The molecule has 0 aliphatic carbocycles. The molecule has 140 valence electrons. The molecule has 10 nitrogen and oxygen atoms in total. The van der Waals surface area contributed by atoms with Crippen molar-refractivity contribution in [3.05, 3.63) is 46.2 Å². The van der Waals surface area contributed by atoms with E-state index in [4.69, 9.17) is 19.6 Å². The fourth-order valence-corrected chi connectivity index (χ4v) is 2.84. The van der Waals surface area contributed by atoms with Crippen LogP contribution in [0.25, 0.3) is 10.6 Å². The lowest BCUT2D eigenvalue weighted by Crippen LogP contribution is -2.20. The summed E-state index contributed by atoms with van der Waals surface area (Å²) in [5, 5.41) is 11.1. The highest BCUT2D eigenvalue weighted by molar-refractivity contribution is 7.12. The third-order valence-corrected chi connectivity index (χ3v) is 4.06. The number of nitrogens with zero attached hydrogens (tertiary/aromatic N) is 3. The number of hydrogen-bond donors (Lipinski definition) is 2. The van der Waals surface area contributed by atoms with Gasteiger partial charge in [-0.2, -0.15) is 0 Å². The van der Waals surface area contributed by atoms with Gasteiger partial charge in [0.25, 0.3) is 5.91 Å². The van der Waals surface area contributed by atoms with Crippen LogP contribution in [0.3, 0.4) is 0 Å². The van der Waals surface area contributed by atoms with E-state index < -0.39 is 11.5 Å². The Bertz CT molecular complexity index is 975. The standard InChI is InChI=1S/C16H15N5O5S/c1-24-5-6-25-13-11(20-9-3-2-4-18-7-9)10(15-21-19-8-27-15)12(14(17)22)26-16(13)23/h2-4,7-8,20H,5-6H2,1H3,(H2,17,22). The van der Waals surface area contributed by atoms with Gasteiger partial charge in [0.1, 0.15) is 17.8 Å². The summed E-state index contributed by atoms with van der Waals surface area (Å²) in [5.41, 5.74) is 6.94. The second-order valence-electron chi connectivity index (χ2n) is 5.11. The molecule has 0 spiro atoms. The minimum atomic E-state index is -0.921. The van der Waals surface area contributed by atoms with Crippen molar-refractivity contribution >= 4 is 28.6 Å². The monoisotopic (exact) mass is 389 g/mol. The molecule has 27 heavy (non-hydrogen) atoms. The molecule has 0 radical (unpaired) electrons. The highest BCUT2D eigenvalue weighted by Gasteiger charge is 2.27. The predicted octanol–water partition coefficient (Wildman–Crippen LogP) is 1.42. The average molecular weight is 389 g/mol. The highest BCUT2D eigenvalue weighted by atomic mass is 32.1. The molecule has 0 aliphatic heterocycles. The first-order chi connectivity index (χ1) is 13.1. The van der Waals surface area contributed by atoms with Gasteiger partial charge in [0.05, 0.1) is 24.1 Å². The van der Waals surface area contributed by atoms with Gasteiger partial charge >= 0.3 is 5.63 Å². The lowest BCUT2D eigenvalue weighted by atomic mass is 10.1. The van der Waals surface area contributed by atoms with E-state index in [9.17, 15) is 9.59 Å². The lowest BCUT2D eigenvalue weighted by Gasteiger charge is -2.16. The molecule has 0 aromatic carbocycles. The molecule has 3 aromatic rings. The van der Waals surface area contributed by atoms with Crippen LogP contribution in [-0.4, -0.2) is 41.4 Å². The quantitative estimate of drug-likeness (QED) is 0.547. The van der Waals surface area contributed by atoms with Crippen molar-refractivity contribution in [3.8, 4) is 16.3 Å². The zero-order chi connectivity index (χ0) is 19.2. The molecular weight excluding hydrogens is 374 g/mol. The Kier molecular flexibility index (Phi) is 5.74. The minimum Gasteiger partial charge on any atom is -0.483 e. The van der Waals surface area contributed by atoms with E-state index in [1.54, 1.807) is 24.5 Å². The second-order valence-corrected chi connectivity index (χ2v) is 5.95. The third kappa shape index (κ3) is 4.10. The van der Waals surface area contributed by atoms with Gasteiger partial charge in [-0.1, -0.05) is 11.3 Å². The Labute approximate surface area is 157 Å². The fraction of sp³-hybridized carbons (Fsp3) is 0.188. The number of nitrogens with one attached hydrogen (secondary N) is 1. The smallest absolute Gasteiger partial charge is 0.381 e. The summed E-state index contributed by atoms with van der Waals surface area (Å²) in [6.45, 7) is 0.339. The minimum absolute atomic E-state index is 0.0917. The predicted molar refractivity (Wildman–Crippen MR) is 97.3 cm³/mol. The van der Waals surface area contributed by atoms with Gasteiger partial charge in [-0.05, 0) is 12.1 Å². The van der Waals surface area contributed by atoms with Crippen LogP contribution in [0.2, 0.25) is 0 Å². The number of pyridine rings is 1. The molecule has 3 rings (SSSR count). The van der Waals surface area contributed by atoms with E-state index in [0.717, 1.165) is 11.3 Å². The van der Waals surface area contributed by atoms with Crippen LogP contribution >= 0.6 is 11.3 Å². The average Bonchev–Trinajstić information content (AvgIpc) is 3.18. The summed E-state index contributed by atoms with van der Waals surface area (Å²) < 4.78 is 15.6. The van der Waals surface area contributed by atoms with E-state index >= 15 is 0 Å². The Morgan fingerprint density at radius 1 is 1.41 bits per heavy atom. The van der Waals surface area contributed by atoms with Gasteiger partial charge in [-0.3, -0.25) is 9.78 Å². The van der Waals surface area contributed by atoms with Crippen LogP contribution in [0.5, 0.6) is 5.75 Å². The first-order valence-corrected chi connectivity index (χ1v) is 8.56. The summed E-state index contributed by atoms with van der Waals surface area (Å²) in [5.74, 6) is -1.40. The van der Waals surface area contributed by atoms with Crippen molar-refractivity contribution in [1.29, 1.82) is 0 Å². The van der Waals surface area contributed by atoms with Crippen LogP contribution in [-0.2, 0) is 4.74 Å². The molecule has 0 bridgehead atoms. The number of anilines is 2. The number of primary amides is 1. The van der Waals surface area contributed by atoms with Crippen molar-refractivity contribution in [2.45, 2.75) is 0 Å². The van der Waals surface area contributed by atoms with Gasteiger partial charge in [0.15, 0.2) is 5.01 Å². The number of methoxy groups -OCH3 is 1. The molecule has 3 heterocycles. The molecule has 0 aliphatic rings.